The van der Waals surface area contributed by atoms with Crippen molar-refractivity contribution in [2.24, 2.45) is 5.92 Å². The molecular formula is C15H19F4NO. The first-order valence-corrected chi connectivity index (χ1v) is 6.87. The number of hydrogen-bond acceptors (Lipinski definition) is 2. The first-order chi connectivity index (χ1) is 9.57. The first kappa shape index (κ1) is 16.2. The van der Waals surface area contributed by atoms with Crippen LogP contribution in [-0.2, 0) is 12.7 Å². The minimum absolute atomic E-state index is 0.0926. The summed E-state index contributed by atoms with van der Waals surface area (Å²) in [7, 11) is 0. The lowest BCUT2D eigenvalue weighted by atomic mass is 9.90. The van der Waals surface area contributed by atoms with Crippen molar-refractivity contribution in [3.8, 4) is 0 Å². The number of alkyl halides is 3. The zero-order valence-electron chi connectivity index (χ0n) is 12.0. The van der Waals surface area contributed by atoms with Gasteiger partial charge in [0.15, 0.2) is 0 Å². The third kappa shape index (κ3) is 3.95. The van der Waals surface area contributed by atoms with E-state index < -0.39 is 23.2 Å². The second-order valence-corrected chi connectivity index (χ2v) is 6.18. The van der Waals surface area contributed by atoms with Crippen molar-refractivity contribution >= 4 is 0 Å². The maximum atomic E-state index is 13.8. The zero-order valence-corrected chi connectivity index (χ0v) is 12.0. The fraction of sp³-hybridized carbons (Fsp3) is 0.600. The molecule has 21 heavy (non-hydrogen) atoms. The number of benzene rings is 1. The van der Waals surface area contributed by atoms with Crippen molar-refractivity contribution in [1.29, 1.82) is 0 Å². The quantitative estimate of drug-likeness (QED) is 0.865. The first-order valence-electron chi connectivity index (χ1n) is 6.87. The molecule has 6 heteroatoms. The monoisotopic (exact) mass is 305 g/mol. The molecule has 2 nitrogen and oxygen atoms in total. The van der Waals surface area contributed by atoms with Crippen molar-refractivity contribution in [2.45, 2.75) is 38.6 Å². The van der Waals surface area contributed by atoms with Gasteiger partial charge < -0.3 is 5.11 Å². The Morgan fingerprint density at radius 3 is 2.43 bits per heavy atom. The van der Waals surface area contributed by atoms with Gasteiger partial charge in [-0.1, -0.05) is 6.07 Å². The Hall–Kier alpha value is -1.14. The zero-order chi connectivity index (χ0) is 15.8. The molecule has 2 rings (SSSR count). The van der Waals surface area contributed by atoms with Gasteiger partial charge in [0.05, 0.1) is 11.2 Å². The third-order valence-corrected chi connectivity index (χ3v) is 4.05. The molecule has 0 radical (unpaired) electrons. The van der Waals surface area contributed by atoms with E-state index in [1.807, 2.05) is 4.90 Å². The smallest absolute Gasteiger partial charge is 0.390 e. The molecule has 1 saturated heterocycles. The second-order valence-electron chi connectivity index (χ2n) is 6.18. The van der Waals surface area contributed by atoms with Crippen LogP contribution in [0.1, 0.15) is 31.4 Å². The largest absolute Gasteiger partial charge is 0.416 e. The summed E-state index contributed by atoms with van der Waals surface area (Å²) in [5, 5.41) is 9.96. The van der Waals surface area contributed by atoms with Crippen molar-refractivity contribution in [2.75, 3.05) is 13.1 Å². The molecule has 1 aromatic rings. The van der Waals surface area contributed by atoms with E-state index in [0.717, 1.165) is 12.5 Å². The molecule has 0 spiro atoms. The molecule has 1 aromatic carbocycles. The number of rotatable bonds is 3. The van der Waals surface area contributed by atoms with Gasteiger partial charge in [-0.15, -0.1) is 0 Å². The topological polar surface area (TPSA) is 23.5 Å². The fourth-order valence-corrected chi connectivity index (χ4v) is 2.65. The van der Waals surface area contributed by atoms with E-state index in [1.165, 1.54) is 6.07 Å². The van der Waals surface area contributed by atoms with Crippen LogP contribution in [0.5, 0.6) is 0 Å². The van der Waals surface area contributed by atoms with Crippen LogP contribution in [0, 0.1) is 11.7 Å². The van der Waals surface area contributed by atoms with Crippen molar-refractivity contribution in [1.82, 2.24) is 4.90 Å². The Labute approximate surface area is 121 Å². The fourth-order valence-electron chi connectivity index (χ4n) is 2.65. The molecule has 0 bridgehead atoms. The molecular weight excluding hydrogens is 286 g/mol. The Morgan fingerprint density at radius 2 is 1.95 bits per heavy atom. The van der Waals surface area contributed by atoms with Gasteiger partial charge in [-0.2, -0.15) is 13.2 Å². The van der Waals surface area contributed by atoms with Crippen LogP contribution in [0.2, 0.25) is 0 Å². The number of halogens is 4. The van der Waals surface area contributed by atoms with Gasteiger partial charge in [-0.05, 0) is 38.9 Å². The number of likely N-dealkylation sites (tertiary alicyclic amines) is 1. The SMILES string of the molecule is CC(C)(O)C1CCN(Cc2ccc(C(F)(F)F)cc2F)C1. The van der Waals surface area contributed by atoms with Crippen molar-refractivity contribution in [3.05, 3.63) is 35.1 Å². The van der Waals surface area contributed by atoms with Crippen LogP contribution in [-0.4, -0.2) is 28.7 Å². The molecule has 0 aliphatic carbocycles. The number of aliphatic hydroxyl groups is 1. The molecule has 1 aliphatic rings. The molecule has 0 amide bonds. The van der Waals surface area contributed by atoms with Crippen LogP contribution < -0.4 is 0 Å². The minimum Gasteiger partial charge on any atom is -0.390 e. The van der Waals surface area contributed by atoms with Crippen molar-refractivity contribution in [3.63, 3.8) is 0 Å². The van der Waals surface area contributed by atoms with E-state index in [-0.39, 0.29) is 18.0 Å². The van der Waals surface area contributed by atoms with Crippen LogP contribution in [0.3, 0.4) is 0 Å². The number of nitrogens with zero attached hydrogens (tertiary/aromatic N) is 1. The molecule has 1 heterocycles. The average Bonchev–Trinajstić information content (AvgIpc) is 2.78. The second kappa shape index (κ2) is 5.57. The van der Waals surface area contributed by atoms with E-state index in [0.29, 0.717) is 19.2 Å². The van der Waals surface area contributed by atoms with Gasteiger partial charge in [0, 0.05) is 24.6 Å². The number of hydrogen-bond donors (Lipinski definition) is 1. The Bertz CT molecular complexity index is 507. The highest BCUT2D eigenvalue weighted by atomic mass is 19.4. The third-order valence-electron chi connectivity index (χ3n) is 4.05. The van der Waals surface area contributed by atoms with E-state index in [9.17, 15) is 22.7 Å². The molecule has 1 aliphatic heterocycles. The molecule has 118 valence electrons. The lowest BCUT2D eigenvalue weighted by Crippen LogP contribution is -2.33. The van der Waals surface area contributed by atoms with Crippen LogP contribution >= 0.6 is 0 Å². The summed E-state index contributed by atoms with van der Waals surface area (Å²) in [5.41, 5.74) is -1.52. The summed E-state index contributed by atoms with van der Waals surface area (Å²) < 4.78 is 51.2. The maximum absolute atomic E-state index is 13.8. The molecule has 0 saturated carbocycles. The van der Waals surface area contributed by atoms with Gasteiger partial charge in [0.25, 0.3) is 0 Å². The standard InChI is InChI=1S/C15H19F4NO/c1-14(2,21)12-5-6-20(9-12)8-10-3-4-11(7-13(10)16)15(17,18)19/h3-4,7,12,21H,5-6,8-9H2,1-2H3. The van der Waals surface area contributed by atoms with Gasteiger partial charge in [-0.3, -0.25) is 4.90 Å². The van der Waals surface area contributed by atoms with Gasteiger partial charge in [-0.25, -0.2) is 4.39 Å². The molecule has 0 aromatic heterocycles. The molecule has 1 N–H and O–H groups in total. The highest BCUT2D eigenvalue weighted by Gasteiger charge is 2.34. The Morgan fingerprint density at radius 1 is 1.29 bits per heavy atom. The van der Waals surface area contributed by atoms with E-state index >= 15 is 0 Å². The average molecular weight is 305 g/mol. The molecule has 1 unspecified atom stereocenters. The summed E-state index contributed by atoms with van der Waals surface area (Å²) in [4.78, 5) is 1.95. The summed E-state index contributed by atoms with van der Waals surface area (Å²) in [6.07, 6.45) is -3.73. The minimum atomic E-state index is -4.53. The summed E-state index contributed by atoms with van der Waals surface area (Å²) >= 11 is 0. The lowest BCUT2D eigenvalue weighted by Gasteiger charge is -2.25. The molecule has 1 fully saturated rings. The van der Waals surface area contributed by atoms with Gasteiger partial charge in [0.2, 0.25) is 0 Å². The Kier molecular flexibility index (Phi) is 4.31. The maximum Gasteiger partial charge on any atom is 0.416 e. The van der Waals surface area contributed by atoms with Gasteiger partial charge >= 0.3 is 6.18 Å². The predicted molar refractivity (Wildman–Crippen MR) is 71.1 cm³/mol. The van der Waals surface area contributed by atoms with E-state index in [1.54, 1.807) is 13.8 Å². The normalized spacial score (nSPS) is 21.0. The van der Waals surface area contributed by atoms with Crippen molar-refractivity contribution < 1.29 is 22.7 Å². The van der Waals surface area contributed by atoms with E-state index in [2.05, 4.69) is 0 Å². The van der Waals surface area contributed by atoms with E-state index in [4.69, 9.17) is 0 Å². The van der Waals surface area contributed by atoms with Crippen LogP contribution in [0.4, 0.5) is 17.6 Å². The molecule has 1 atom stereocenters. The summed E-state index contributed by atoms with van der Waals surface area (Å²) in [6.45, 7) is 5.05. The predicted octanol–water partition coefficient (Wildman–Crippen LogP) is 3.44. The highest BCUT2D eigenvalue weighted by molar-refractivity contribution is 5.26. The van der Waals surface area contributed by atoms with Gasteiger partial charge in [0.1, 0.15) is 5.82 Å². The van der Waals surface area contributed by atoms with Crippen LogP contribution in [0.25, 0.3) is 0 Å². The Balaban J connectivity index is 2.05. The highest BCUT2D eigenvalue weighted by Crippen LogP contribution is 2.31. The lowest BCUT2D eigenvalue weighted by molar-refractivity contribution is -0.137. The summed E-state index contributed by atoms with van der Waals surface area (Å²) in [5.74, 6) is -0.744. The summed E-state index contributed by atoms with van der Waals surface area (Å²) in [6, 6.07) is 2.64. The van der Waals surface area contributed by atoms with Crippen LogP contribution in [0.15, 0.2) is 18.2 Å².